The monoisotopic (exact) mass is 322 g/mol. The molecule has 0 bridgehead atoms. The SMILES string of the molecule is CCN(CCC(=O)O)C(=O)c1cc(-c2ccc(Cl)cc2)on1. The van der Waals surface area contributed by atoms with Gasteiger partial charge in [0.1, 0.15) is 0 Å². The second-order valence-corrected chi connectivity index (χ2v) is 5.05. The molecule has 0 unspecified atom stereocenters. The molecule has 0 saturated carbocycles. The van der Waals surface area contributed by atoms with E-state index in [2.05, 4.69) is 5.16 Å². The lowest BCUT2D eigenvalue weighted by Gasteiger charge is -2.18. The summed E-state index contributed by atoms with van der Waals surface area (Å²) in [6.07, 6.45) is -0.110. The van der Waals surface area contributed by atoms with Crippen molar-refractivity contribution in [1.82, 2.24) is 10.1 Å². The first-order valence-electron chi connectivity index (χ1n) is 6.75. The van der Waals surface area contributed by atoms with Crippen LogP contribution in [0.2, 0.25) is 5.02 Å². The smallest absolute Gasteiger partial charge is 0.305 e. The van der Waals surface area contributed by atoms with E-state index in [1.54, 1.807) is 31.2 Å². The molecule has 1 amide bonds. The Labute approximate surface area is 132 Å². The topological polar surface area (TPSA) is 83.6 Å². The maximum absolute atomic E-state index is 12.3. The van der Waals surface area contributed by atoms with Gasteiger partial charge in [0.15, 0.2) is 11.5 Å². The van der Waals surface area contributed by atoms with Crippen molar-refractivity contribution in [2.75, 3.05) is 13.1 Å². The lowest BCUT2D eigenvalue weighted by Crippen LogP contribution is -2.33. The van der Waals surface area contributed by atoms with E-state index in [-0.39, 0.29) is 24.6 Å². The highest BCUT2D eigenvalue weighted by Gasteiger charge is 2.19. The van der Waals surface area contributed by atoms with Crippen LogP contribution in [-0.2, 0) is 4.79 Å². The number of hydrogen-bond donors (Lipinski definition) is 1. The Morgan fingerprint density at radius 1 is 1.32 bits per heavy atom. The van der Waals surface area contributed by atoms with Crippen LogP contribution >= 0.6 is 11.6 Å². The molecule has 0 aliphatic heterocycles. The molecule has 0 atom stereocenters. The van der Waals surface area contributed by atoms with Crippen molar-refractivity contribution >= 4 is 23.5 Å². The standard InChI is InChI=1S/C15H15ClN2O4/c1-2-18(8-7-14(19)20)15(21)12-9-13(22-17-12)10-3-5-11(16)6-4-10/h3-6,9H,2,7-8H2,1H3,(H,19,20). The summed E-state index contributed by atoms with van der Waals surface area (Å²) in [5, 5.41) is 13.1. The molecule has 2 rings (SSSR count). The van der Waals surface area contributed by atoms with Crippen LogP contribution in [0.4, 0.5) is 0 Å². The molecule has 22 heavy (non-hydrogen) atoms. The van der Waals surface area contributed by atoms with E-state index in [4.69, 9.17) is 21.2 Å². The van der Waals surface area contributed by atoms with Gasteiger partial charge in [0.25, 0.3) is 5.91 Å². The van der Waals surface area contributed by atoms with Gasteiger partial charge in [-0.2, -0.15) is 0 Å². The summed E-state index contributed by atoms with van der Waals surface area (Å²) in [6.45, 7) is 2.31. The molecule has 6 nitrogen and oxygen atoms in total. The fourth-order valence-corrected chi connectivity index (χ4v) is 2.05. The van der Waals surface area contributed by atoms with E-state index in [9.17, 15) is 9.59 Å². The highest BCUT2D eigenvalue weighted by atomic mass is 35.5. The van der Waals surface area contributed by atoms with Crippen molar-refractivity contribution in [1.29, 1.82) is 0 Å². The molecule has 0 radical (unpaired) electrons. The summed E-state index contributed by atoms with van der Waals surface area (Å²) in [6, 6.07) is 8.49. The van der Waals surface area contributed by atoms with Crippen LogP contribution in [0, 0.1) is 0 Å². The average molecular weight is 323 g/mol. The van der Waals surface area contributed by atoms with Crippen LogP contribution in [-0.4, -0.2) is 40.1 Å². The van der Waals surface area contributed by atoms with Gasteiger partial charge in [-0.05, 0) is 31.2 Å². The summed E-state index contributed by atoms with van der Waals surface area (Å²) in [5.41, 5.74) is 0.904. The highest BCUT2D eigenvalue weighted by molar-refractivity contribution is 6.30. The first-order valence-corrected chi connectivity index (χ1v) is 7.12. The van der Waals surface area contributed by atoms with Gasteiger partial charge in [-0.15, -0.1) is 0 Å². The van der Waals surface area contributed by atoms with Gasteiger partial charge in [0.2, 0.25) is 0 Å². The maximum atomic E-state index is 12.3. The van der Waals surface area contributed by atoms with Crippen molar-refractivity contribution in [2.24, 2.45) is 0 Å². The first kappa shape index (κ1) is 16.0. The van der Waals surface area contributed by atoms with Gasteiger partial charge in [-0.3, -0.25) is 9.59 Å². The first-order chi connectivity index (χ1) is 10.5. The summed E-state index contributed by atoms with van der Waals surface area (Å²) in [4.78, 5) is 24.3. The van der Waals surface area contributed by atoms with E-state index in [0.29, 0.717) is 17.3 Å². The fraction of sp³-hybridized carbons (Fsp3) is 0.267. The molecule has 0 spiro atoms. The Balaban J connectivity index is 2.14. The number of amides is 1. The summed E-state index contributed by atoms with van der Waals surface area (Å²) >= 11 is 5.82. The van der Waals surface area contributed by atoms with Crippen LogP contribution in [0.5, 0.6) is 0 Å². The molecule has 1 aromatic heterocycles. The van der Waals surface area contributed by atoms with Gasteiger partial charge >= 0.3 is 5.97 Å². The maximum Gasteiger partial charge on any atom is 0.305 e. The normalized spacial score (nSPS) is 10.5. The van der Waals surface area contributed by atoms with Gasteiger partial charge in [-0.1, -0.05) is 16.8 Å². The van der Waals surface area contributed by atoms with Crippen molar-refractivity contribution in [3.05, 3.63) is 41.0 Å². The Kier molecular flexibility index (Phi) is 5.16. The average Bonchev–Trinajstić information content (AvgIpc) is 2.98. The predicted octanol–water partition coefficient (Wildman–Crippen LogP) is 2.93. The predicted molar refractivity (Wildman–Crippen MR) is 80.8 cm³/mol. The number of carbonyl (C=O) groups is 2. The molecule has 0 aliphatic rings. The molecular weight excluding hydrogens is 308 g/mol. The number of nitrogens with zero attached hydrogens (tertiary/aromatic N) is 2. The summed E-state index contributed by atoms with van der Waals surface area (Å²) < 4.78 is 5.18. The van der Waals surface area contributed by atoms with Crippen molar-refractivity contribution in [2.45, 2.75) is 13.3 Å². The quantitative estimate of drug-likeness (QED) is 0.884. The molecule has 1 aromatic carbocycles. The minimum absolute atomic E-state index is 0.110. The number of benzene rings is 1. The second-order valence-electron chi connectivity index (χ2n) is 4.61. The van der Waals surface area contributed by atoms with Crippen LogP contribution in [0.1, 0.15) is 23.8 Å². The van der Waals surface area contributed by atoms with Gasteiger partial charge in [-0.25, -0.2) is 0 Å². The zero-order valence-electron chi connectivity index (χ0n) is 12.0. The molecule has 7 heteroatoms. The van der Waals surface area contributed by atoms with E-state index < -0.39 is 5.97 Å². The number of carbonyl (C=O) groups excluding carboxylic acids is 1. The number of carboxylic acids is 1. The third-order valence-corrected chi connectivity index (χ3v) is 3.37. The zero-order chi connectivity index (χ0) is 16.1. The molecule has 2 aromatic rings. The van der Waals surface area contributed by atoms with Gasteiger partial charge < -0.3 is 14.5 Å². The molecule has 116 valence electrons. The Morgan fingerprint density at radius 2 is 2.00 bits per heavy atom. The molecule has 0 aliphatic carbocycles. The summed E-state index contributed by atoms with van der Waals surface area (Å²) in [7, 11) is 0. The number of aromatic nitrogens is 1. The van der Waals surface area contributed by atoms with Crippen LogP contribution in [0.25, 0.3) is 11.3 Å². The third kappa shape index (κ3) is 3.85. The number of rotatable bonds is 6. The van der Waals surface area contributed by atoms with Crippen molar-refractivity contribution in [3.8, 4) is 11.3 Å². The van der Waals surface area contributed by atoms with Crippen molar-refractivity contribution in [3.63, 3.8) is 0 Å². The summed E-state index contributed by atoms with van der Waals surface area (Å²) in [5.74, 6) is -0.852. The Morgan fingerprint density at radius 3 is 2.59 bits per heavy atom. The number of halogens is 1. The van der Waals surface area contributed by atoms with E-state index in [1.165, 1.54) is 11.0 Å². The largest absolute Gasteiger partial charge is 0.481 e. The zero-order valence-corrected chi connectivity index (χ0v) is 12.7. The van der Waals surface area contributed by atoms with Crippen LogP contribution in [0.15, 0.2) is 34.9 Å². The van der Waals surface area contributed by atoms with E-state index >= 15 is 0 Å². The highest BCUT2D eigenvalue weighted by Crippen LogP contribution is 2.22. The molecule has 0 saturated heterocycles. The van der Waals surface area contributed by atoms with Gasteiger partial charge in [0, 0.05) is 29.7 Å². The Hall–Kier alpha value is -2.34. The second kappa shape index (κ2) is 7.09. The number of aliphatic carboxylic acids is 1. The molecule has 1 heterocycles. The molecule has 0 fully saturated rings. The van der Waals surface area contributed by atoms with E-state index in [0.717, 1.165) is 5.56 Å². The Bertz CT molecular complexity index is 666. The lowest BCUT2D eigenvalue weighted by atomic mass is 10.1. The third-order valence-electron chi connectivity index (χ3n) is 3.12. The van der Waals surface area contributed by atoms with Crippen molar-refractivity contribution < 1.29 is 19.2 Å². The van der Waals surface area contributed by atoms with E-state index in [1.807, 2.05) is 0 Å². The fourth-order valence-electron chi connectivity index (χ4n) is 1.92. The van der Waals surface area contributed by atoms with Crippen LogP contribution < -0.4 is 0 Å². The minimum Gasteiger partial charge on any atom is -0.481 e. The van der Waals surface area contributed by atoms with Crippen LogP contribution in [0.3, 0.4) is 0 Å². The van der Waals surface area contributed by atoms with Gasteiger partial charge in [0.05, 0.1) is 6.42 Å². The number of carboxylic acid groups (broad SMARTS) is 1. The lowest BCUT2D eigenvalue weighted by molar-refractivity contribution is -0.137. The molecule has 1 N–H and O–H groups in total. The number of hydrogen-bond acceptors (Lipinski definition) is 4. The minimum atomic E-state index is -0.951. The molecular formula is C15H15ClN2O4.